The van der Waals surface area contributed by atoms with Gasteiger partial charge < -0.3 is 29.4 Å². The Hall–Kier alpha value is -4.37. The van der Waals surface area contributed by atoms with E-state index in [0.29, 0.717) is 30.8 Å². The highest BCUT2D eigenvalue weighted by Crippen LogP contribution is 2.42. The Morgan fingerprint density at radius 3 is 1.84 bits per heavy atom. The standard InChI is InChI=1S/C42H48ClNO7/c1-29(44-26-35(45)33-17-12-18-34(43)23-33)21-32-19-20-36-37(22-32)51-42(50-36,38(46)48-27-40(2,3)24-30-13-8-6-9-14-30)39(47)49-28-41(4,5)25-31-15-10-7-11-16-31/h6-20,22-23,29,35,44-45H,21,24-28H2,1-5H3/t29-,35+/m1/s1. The Labute approximate surface area is 306 Å². The van der Waals surface area contributed by atoms with E-state index >= 15 is 0 Å². The first-order chi connectivity index (χ1) is 24.2. The van der Waals surface area contributed by atoms with Crippen LogP contribution in [-0.2, 0) is 38.3 Å². The molecule has 0 aliphatic carbocycles. The van der Waals surface area contributed by atoms with Crippen LogP contribution in [0, 0.1) is 10.8 Å². The number of aliphatic hydroxyl groups excluding tert-OH is 1. The molecule has 2 atom stereocenters. The van der Waals surface area contributed by atoms with Crippen LogP contribution in [0.1, 0.15) is 63.0 Å². The van der Waals surface area contributed by atoms with Crippen molar-refractivity contribution in [3.05, 3.63) is 130 Å². The van der Waals surface area contributed by atoms with E-state index in [1.807, 2.05) is 107 Å². The van der Waals surface area contributed by atoms with Crippen molar-refractivity contribution in [2.75, 3.05) is 19.8 Å². The Balaban J connectivity index is 1.28. The number of halogens is 1. The van der Waals surface area contributed by atoms with Gasteiger partial charge in [0.15, 0.2) is 11.5 Å². The van der Waals surface area contributed by atoms with Crippen LogP contribution in [0.25, 0.3) is 0 Å². The lowest BCUT2D eigenvalue weighted by Gasteiger charge is -2.29. The molecule has 0 bridgehead atoms. The summed E-state index contributed by atoms with van der Waals surface area (Å²) >= 11 is 6.09. The molecule has 0 radical (unpaired) electrons. The second kappa shape index (κ2) is 16.3. The number of esters is 2. The second-order valence-corrected chi connectivity index (χ2v) is 15.4. The summed E-state index contributed by atoms with van der Waals surface area (Å²) in [5, 5.41) is 14.6. The van der Waals surface area contributed by atoms with E-state index in [-0.39, 0.29) is 30.8 Å². The number of fused-ring (bicyclic) bond motifs is 1. The molecule has 0 saturated heterocycles. The number of hydrogen-bond acceptors (Lipinski definition) is 8. The maximum absolute atomic E-state index is 13.9. The van der Waals surface area contributed by atoms with Crippen molar-refractivity contribution in [3.8, 4) is 11.5 Å². The predicted molar refractivity (Wildman–Crippen MR) is 198 cm³/mol. The molecule has 9 heteroatoms. The number of rotatable bonds is 16. The van der Waals surface area contributed by atoms with Gasteiger partial charge >= 0.3 is 17.7 Å². The topological polar surface area (TPSA) is 103 Å². The average Bonchev–Trinajstić information content (AvgIpc) is 3.49. The van der Waals surface area contributed by atoms with Crippen molar-refractivity contribution in [1.82, 2.24) is 5.32 Å². The Morgan fingerprint density at radius 1 is 0.745 bits per heavy atom. The van der Waals surface area contributed by atoms with E-state index in [1.54, 1.807) is 30.3 Å². The molecule has 270 valence electrons. The van der Waals surface area contributed by atoms with Crippen LogP contribution >= 0.6 is 11.6 Å². The minimum absolute atomic E-state index is 0.0216. The van der Waals surface area contributed by atoms with Crippen molar-refractivity contribution in [2.24, 2.45) is 10.8 Å². The summed E-state index contributed by atoms with van der Waals surface area (Å²) in [6, 6.07) is 32.3. The molecule has 0 fully saturated rings. The Morgan fingerprint density at radius 2 is 1.29 bits per heavy atom. The van der Waals surface area contributed by atoms with E-state index in [1.165, 1.54) is 0 Å². The van der Waals surface area contributed by atoms with Gasteiger partial charge in [0, 0.05) is 28.4 Å². The van der Waals surface area contributed by atoms with Crippen molar-refractivity contribution in [2.45, 2.75) is 71.8 Å². The zero-order valence-corrected chi connectivity index (χ0v) is 30.7. The number of ether oxygens (including phenoxy) is 4. The van der Waals surface area contributed by atoms with E-state index in [4.69, 9.17) is 30.5 Å². The molecule has 1 heterocycles. The third kappa shape index (κ3) is 10.3. The Kier molecular flexibility index (Phi) is 12.1. The lowest BCUT2D eigenvalue weighted by Crippen LogP contribution is -2.56. The van der Waals surface area contributed by atoms with Crippen LogP contribution in [0.4, 0.5) is 0 Å². The minimum atomic E-state index is -2.46. The van der Waals surface area contributed by atoms with Crippen LogP contribution in [0.2, 0.25) is 5.02 Å². The molecule has 0 amide bonds. The van der Waals surface area contributed by atoms with Gasteiger partial charge in [0.05, 0.1) is 19.3 Å². The van der Waals surface area contributed by atoms with Gasteiger partial charge in [0.1, 0.15) is 0 Å². The first-order valence-electron chi connectivity index (χ1n) is 17.3. The zero-order valence-electron chi connectivity index (χ0n) is 30.0. The van der Waals surface area contributed by atoms with E-state index in [9.17, 15) is 14.7 Å². The summed E-state index contributed by atoms with van der Waals surface area (Å²) < 4.78 is 23.8. The molecule has 5 rings (SSSR count). The summed E-state index contributed by atoms with van der Waals surface area (Å²) in [5.74, 6) is -3.94. The fourth-order valence-electron chi connectivity index (χ4n) is 6.11. The lowest BCUT2D eigenvalue weighted by molar-refractivity contribution is -0.205. The van der Waals surface area contributed by atoms with Gasteiger partial charge in [-0.05, 0) is 72.7 Å². The number of hydrogen-bond donors (Lipinski definition) is 2. The van der Waals surface area contributed by atoms with E-state index < -0.39 is 34.7 Å². The molecule has 1 aliphatic heterocycles. The fourth-order valence-corrected chi connectivity index (χ4v) is 6.30. The SMILES string of the molecule is C[C@H](Cc1ccc2c(c1)OC(C(=O)OCC(C)(C)Cc1ccccc1)(C(=O)OCC(C)(C)Cc1ccccc1)O2)NC[C@H](O)c1cccc(Cl)c1. The van der Waals surface area contributed by atoms with Gasteiger partial charge in [0.2, 0.25) is 0 Å². The molecule has 0 aromatic heterocycles. The molecule has 0 spiro atoms. The average molecular weight is 714 g/mol. The number of benzene rings is 4. The van der Waals surface area contributed by atoms with Gasteiger partial charge in [-0.15, -0.1) is 0 Å². The van der Waals surface area contributed by atoms with Crippen LogP contribution in [-0.4, -0.2) is 48.6 Å². The summed E-state index contributed by atoms with van der Waals surface area (Å²) in [6.45, 7) is 10.3. The number of carbonyl (C=O) groups excluding carboxylic acids is 2. The summed E-state index contributed by atoms with van der Waals surface area (Å²) in [7, 11) is 0. The predicted octanol–water partition coefficient (Wildman–Crippen LogP) is 7.69. The van der Waals surface area contributed by atoms with Gasteiger partial charge in [-0.3, -0.25) is 0 Å². The fraction of sp³-hybridized carbons (Fsp3) is 0.381. The first-order valence-corrected chi connectivity index (χ1v) is 17.7. The quantitative estimate of drug-likeness (QED) is 0.0901. The summed E-state index contributed by atoms with van der Waals surface area (Å²) in [4.78, 5) is 27.9. The molecular weight excluding hydrogens is 666 g/mol. The molecule has 51 heavy (non-hydrogen) atoms. The highest BCUT2D eigenvalue weighted by Gasteiger charge is 2.60. The van der Waals surface area contributed by atoms with Gasteiger partial charge in [-0.25, -0.2) is 9.59 Å². The van der Waals surface area contributed by atoms with E-state index in [2.05, 4.69) is 5.32 Å². The first kappa shape index (κ1) is 37.9. The molecule has 0 saturated carbocycles. The molecule has 8 nitrogen and oxygen atoms in total. The van der Waals surface area contributed by atoms with Crippen molar-refractivity contribution in [3.63, 3.8) is 0 Å². The molecule has 4 aromatic rings. The smallest absolute Gasteiger partial charge is 0.453 e. The zero-order chi connectivity index (χ0) is 36.6. The highest BCUT2D eigenvalue weighted by molar-refractivity contribution is 6.30. The Bertz CT molecular complexity index is 1710. The van der Waals surface area contributed by atoms with Gasteiger partial charge in [-0.2, -0.15) is 0 Å². The lowest BCUT2D eigenvalue weighted by atomic mass is 9.86. The number of carbonyl (C=O) groups is 2. The third-order valence-corrected chi connectivity index (χ3v) is 8.96. The van der Waals surface area contributed by atoms with Gasteiger partial charge in [0.25, 0.3) is 0 Å². The third-order valence-electron chi connectivity index (χ3n) is 8.73. The van der Waals surface area contributed by atoms with Crippen LogP contribution < -0.4 is 14.8 Å². The second-order valence-electron chi connectivity index (χ2n) is 15.0. The van der Waals surface area contributed by atoms with Crippen LogP contribution in [0.15, 0.2) is 103 Å². The number of aliphatic hydroxyl groups is 1. The maximum atomic E-state index is 13.9. The van der Waals surface area contributed by atoms with Gasteiger partial charge in [-0.1, -0.05) is 118 Å². The summed E-state index contributed by atoms with van der Waals surface area (Å²) in [6.07, 6.45) is 1.15. The largest absolute Gasteiger partial charge is 0.459 e. The maximum Gasteiger partial charge on any atom is 0.453 e. The minimum Gasteiger partial charge on any atom is -0.459 e. The molecule has 1 aliphatic rings. The van der Waals surface area contributed by atoms with Crippen molar-refractivity contribution < 1.29 is 33.6 Å². The van der Waals surface area contributed by atoms with Crippen LogP contribution in [0.3, 0.4) is 0 Å². The van der Waals surface area contributed by atoms with Crippen molar-refractivity contribution in [1.29, 1.82) is 0 Å². The molecule has 0 unspecified atom stereocenters. The monoisotopic (exact) mass is 713 g/mol. The van der Waals surface area contributed by atoms with E-state index in [0.717, 1.165) is 22.3 Å². The molecule has 4 aromatic carbocycles. The highest BCUT2D eigenvalue weighted by atomic mass is 35.5. The van der Waals surface area contributed by atoms with Crippen LogP contribution in [0.5, 0.6) is 11.5 Å². The normalized spacial score (nSPS) is 14.8. The number of nitrogens with one attached hydrogen (secondary N) is 1. The summed E-state index contributed by atoms with van der Waals surface area (Å²) in [5.41, 5.74) is 2.92. The van der Waals surface area contributed by atoms with Crippen molar-refractivity contribution >= 4 is 23.5 Å². The molecule has 2 N–H and O–H groups in total. The molecular formula is C42H48ClNO7.